The molecule has 1 aliphatic rings. The molecule has 5 nitrogen and oxygen atoms in total. The van der Waals surface area contributed by atoms with Gasteiger partial charge < -0.3 is 24.4 Å². The molecule has 3 N–H and O–H groups in total. The predicted molar refractivity (Wildman–Crippen MR) is 72.2 cm³/mol. The van der Waals surface area contributed by atoms with Gasteiger partial charge in [-0.2, -0.15) is 0 Å². The molecule has 1 fully saturated rings. The fourth-order valence-electron chi connectivity index (χ4n) is 2.63. The van der Waals surface area contributed by atoms with Gasteiger partial charge in [0.1, 0.15) is 32.7 Å². The molecule has 2 rings (SSSR count). The van der Waals surface area contributed by atoms with Crippen LogP contribution in [0.4, 0.5) is 0 Å². The first-order chi connectivity index (χ1) is 9.30. The molecule has 0 spiro atoms. The summed E-state index contributed by atoms with van der Waals surface area (Å²) in [4.78, 5) is 1.59. The van der Waals surface area contributed by atoms with Crippen LogP contribution in [0.3, 0.4) is 0 Å². The van der Waals surface area contributed by atoms with Crippen LogP contribution in [-0.4, -0.2) is 47.5 Å². The number of nitrogens with one attached hydrogen (secondary N) is 1. The zero-order valence-electron chi connectivity index (χ0n) is 12.0. The first kappa shape index (κ1) is 14.0. The number of benzene rings is 1. The number of hydrogen-bond acceptors (Lipinski definition) is 3. The molecular weight excluding hydrogens is 244 g/mol. The first-order valence-corrected chi connectivity index (χ1v) is 6.73. The molecule has 5 heteroatoms. The van der Waals surface area contributed by atoms with E-state index in [1.54, 1.807) is 26.2 Å². The molecule has 0 unspecified atom stereocenters. The Morgan fingerprint density at radius 1 is 1.00 bits per heavy atom. The second-order valence-corrected chi connectivity index (χ2v) is 4.79. The van der Waals surface area contributed by atoms with Crippen molar-refractivity contribution in [3.8, 4) is 17.2 Å². The number of piperazine rings is 1. The first-order valence-electron chi connectivity index (χ1n) is 6.73. The Kier molecular flexibility index (Phi) is 4.87. The maximum atomic E-state index is 5.53. The molecule has 1 heterocycles. The van der Waals surface area contributed by atoms with Crippen molar-refractivity contribution in [1.29, 1.82) is 0 Å². The highest BCUT2D eigenvalue weighted by atomic mass is 16.5. The Balaban J connectivity index is 2.23. The van der Waals surface area contributed by atoms with Crippen molar-refractivity contribution in [2.45, 2.75) is 6.54 Å². The molecule has 1 aliphatic heterocycles. The minimum Gasteiger partial charge on any atom is -0.493 e. The zero-order chi connectivity index (χ0) is 13.7. The topological polar surface area (TPSA) is 48.7 Å². The predicted octanol–water partition coefficient (Wildman–Crippen LogP) is -1.33. The van der Waals surface area contributed by atoms with Crippen LogP contribution in [0.2, 0.25) is 0 Å². The van der Waals surface area contributed by atoms with Crippen molar-refractivity contribution in [3.63, 3.8) is 0 Å². The van der Waals surface area contributed by atoms with E-state index >= 15 is 0 Å². The van der Waals surface area contributed by atoms with Gasteiger partial charge in [0, 0.05) is 0 Å². The van der Waals surface area contributed by atoms with Gasteiger partial charge in [-0.1, -0.05) is 0 Å². The van der Waals surface area contributed by atoms with E-state index in [2.05, 4.69) is 11.4 Å². The minimum atomic E-state index is 0.686. The Morgan fingerprint density at radius 3 is 2.26 bits per heavy atom. The lowest BCUT2D eigenvalue weighted by molar-refractivity contribution is -0.958. The maximum absolute atomic E-state index is 5.53. The van der Waals surface area contributed by atoms with Crippen molar-refractivity contribution in [3.05, 3.63) is 17.7 Å². The van der Waals surface area contributed by atoms with Crippen molar-refractivity contribution < 1.29 is 24.4 Å². The summed E-state index contributed by atoms with van der Waals surface area (Å²) in [6, 6.07) is 4.03. The van der Waals surface area contributed by atoms with Crippen LogP contribution in [0.1, 0.15) is 5.56 Å². The molecule has 1 aromatic rings. The Labute approximate surface area is 114 Å². The van der Waals surface area contributed by atoms with Crippen LogP contribution in [-0.2, 0) is 6.54 Å². The molecule has 0 saturated carbocycles. The van der Waals surface area contributed by atoms with Gasteiger partial charge in [-0.3, -0.25) is 0 Å². The number of methoxy groups -OCH3 is 3. The molecule has 0 aliphatic carbocycles. The fraction of sp³-hybridized carbons (Fsp3) is 0.571. The lowest BCUT2D eigenvalue weighted by Gasteiger charge is -2.23. The number of quaternary nitrogens is 2. The summed E-state index contributed by atoms with van der Waals surface area (Å²) in [6.07, 6.45) is 0. The number of rotatable bonds is 5. The van der Waals surface area contributed by atoms with E-state index < -0.39 is 0 Å². The Bertz CT molecular complexity index is 417. The summed E-state index contributed by atoms with van der Waals surface area (Å²) in [5.41, 5.74) is 1.18. The quantitative estimate of drug-likeness (QED) is 0.696. The van der Waals surface area contributed by atoms with Crippen LogP contribution >= 0.6 is 0 Å². The summed E-state index contributed by atoms with van der Waals surface area (Å²) in [6.45, 7) is 5.75. The van der Waals surface area contributed by atoms with E-state index in [1.807, 2.05) is 6.07 Å². The highest BCUT2D eigenvalue weighted by Crippen LogP contribution is 2.39. The SMILES string of the molecule is COc1ccc(C[NH+]2CC[NH2+]CC2)c(OC)c1OC. The third kappa shape index (κ3) is 3.11. The summed E-state index contributed by atoms with van der Waals surface area (Å²) in [5.74, 6) is 2.19. The van der Waals surface area contributed by atoms with Crippen molar-refractivity contribution in [1.82, 2.24) is 0 Å². The molecule has 0 bridgehead atoms. The lowest BCUT2D eigenvalue weighted by atomic mass is 10.1. The van der Waals surface area contributed by atoms with E-state index in [9.17, 15) is 0 Å². The van der Waals surface area contributed by atoms with Gasteiger partial charge in [0.25, 0.3) is 0 Å². The molecule has 1 saturated heterocycles. The molecule has 0 amide bonds. The van der Waals surface area contributed by atoms with Crippen molar-refractivity contribution >= 4 is 0 Å². The summed E-state index contributed by atoms with van der Waals surface area (Å²) in [7, 11) is 4.97. The molecular formula is C14H24N2O3+2. The van der Waals surface area contributed by atoms with E-state index in [1.165, 1.54) is 31.7 Å². The molecule has 0 aromatic heterocycles. The monoisotopic (exact) mass is 268 g/mol. The summed E-state index contributed by atoms with van der Waals surface area (Å²) >= 11 is 0. The Morgan fingerprint density at radius 2 is 1.68 bits per heavy atom. The van der Waals surface area contributed by atoms with Crippen LogP contribution in [0.25, 0.3) is 0 Å². The minimum absolute atomic E-state index is 0.686. The summed E-state index contributed by atoms with van der Waals surface area (Å²) in [5, 5.41) is 2.37. The van der Waals surface area contributed by atoms with Gasteiger partial charge in [0.05, 0.1) is 26.9 Å². The largest absolute Gasteiger partial charge is 0.493 e. The molecule has 106 valence electrons. The van der Waals surface area contributed by atoms with Gasteiger partial charge in [0.2, 0.25) is 5.75 Å². The third-order valence-electron chi connectivity index (χ3n) is 3.63. The normalized spacial score (nSPS) is 16.2. The second kappa shape index (κ2) is 6.63. The van der Waals surface area contributed by atoms with Crippen LogP contribution < -0.4 is 24.4 Å². The van der Waals surface area contributed by atoms with Crippen LogP contribution in [0.5, 0.6) is 17.2 Å². The lowest BCUT2D eigenvalue weighted by Crippen LogP contribution is -3.19. The van der Waals surface area contributed by atoms with Gasteiger partial charge in [-0.05, 0) is 12.1 Å². The molecule has 0 radical (unpaired) electrons. The average molecular weight is 268 g/mol. The molecule has 19 heavy (non-hydrogen) atoms. The summed E-state index contributed by atoms with van der Waals surface area (Å²) < 4.78 is 16.3. The highest BCUT2D eigenvalue weighted by molar-refractivity contribution is 5.55. The molecule has 1 aromatic carbocycles. The van der Waals surface area contributed by atoms with Crippen LogP contribution in [0.15, 0.2) is 12.1 Å². The smallest absolute Gasteiger partial charge is 0.203 e. The molecule has 0 atom stereocenters. The van der Waals surface area contributed by atoms with E-state index in [0.717, 1.165) is 12.3 Å². The zero-order valence-corrected chi connectivity index (χ0v) is 12.0. The van der Waals surface area contributed by atoms with E-state index in [0.29, 0.717) is 11.5 Å². The fourth-order valence-corrected chi connectivity index (χ4v) is 2.63. The van der Waals surface area contributed by atoms with Crippen molar-refractivity contribution in [2.24, 2.45) is 0 Å². The highest BCUT2D eigenvalue weighted by Gasteiger charge is 2.21. The average Bonchev–Trinajstić information content (AvgIpc) is 2.47. The number of hydrogen-bond donors (Lipinski definition) is 2. The van der Waals surface area contributed by atoms with Gasteiger partial charge in [-0.15, -0.1) is 0 Å². The third-order valence-corrected chi connectivity index (χ3v) is 3.63. The standard InChI is InChI=1S/C14H22N2O3/c1-17-12-5-4-11(13(18-2)14(12)19-3)10-16-8-6-15-7-9-16/h4-5,15H,6-10H2,1-3H3/p+2. The maximum Gasteiger partial charge on any atom is 0.203 e. The van der Waals surface area contributed by atoms with Gasteiger partial charge in [-0.25, -0.2) is 0 Å². The van der Waals surface area contributed by atoms with Gasteiger partial charge in [0.15, 0.2) is 11.5 Å². The van der Waals surface area contributed by atoms with Gasteiger partial charge >= 0.3 is 0 Å². The number of nitrogens with two attached hydrogens (primary N) is 1. The van der Waals surface area contributed by atoms with E-state index in [-0.39, 0.29) is 0 Å². The van der Waals surface area contributed by atoms with Crippen molar-refractivity contribution in [2.75, 3.05) is 47.5 Å². The van der Waals surface area contributed by atoms with Crippen LogP contribution in [0, 0.1) is 0 Å². The second-order valence-electron chi connectivity index (χ2n) is 4.79. The Hall–Kier alpha value is -1.46. The number of ether oxygens (including phenoxy) is 3. The van der Waals surface area contributed by atoms with E-state index in [4.69, 9.17) is 14.2 Å².